The molecule has 0 saturated carbocycles. The van der Waals surface area contributed by atoms with Gasteiger partial charge in [-0.25, -0.2) is 9.13 Å². The second-order valence-electron chi connectivity index (χ2n) is 30.2. The van der Waals surface area contributed by atoms with Crippen molar-refractivity contribution in [3.8, 4) is 0 Å². The van der Waals surface area contributed by atoms with E-state index < -0.39 is 97.5 Å². The molecule has 0 aliphatic carbocycles. The van der Waals surface area contributed by atoms with E-state index in [9.17, 15) is 43.2 Å². The van der Waals surface area contributed by atoms with Crippen LogP contribution in [-0.4, -0.2) is 96.7 Å². The van der Waals surface area contributed by atoms with Crippen LogP contribution in [0.25, 0.3) is 0 Å². The van der Waals surface area contributed by atoms with Crippen LogP contribution >= 0.6 is 15.6 Å². The third-order valence-corrected chi connectivity index (χ3v) is 21.2. The molecule has 0 aliphatic rings. The first-order valence-corrected chi connectivity index (χ1v) is 44.3. The van der Waals surface area contributed by atoms with E-state index >= 15 is 0 Å². The fourth-order valence-corrected chi connectivity index (χ4v) is 13.8. The molecule has 0 fully saturated rings. The second kappa shape index (κ2) is 69.1. The summed E-state index contributed by atoms with van der Waals surface area (Å²) < 4.78 is 68.5. The maximum atomic E-state index is 13.1. The van der Waals surface area contributed by atoms with Crippen molar-refractivity contribution in [3.05, 3.63) is 0 Å². The van der Waals surface area contributed by atoms with Gasteiger partial charge in [-0.2, -0.15) is 0 Å². The molecule has 17 nitrogen and oxygen atoms in total. The lowest BCUT2D eigenvalue weighted by molar-refractivity contribution is -0.161. The highest BCUT2D eigenvalue weighted by Gasteiger charge is 2.30. The zero-order valence-electron chi connectivity index (χ0n) is 65.1. The molecule has 5 unspecified atom stereocenters. The largest absolute Gasteiger partial charge is 0.472 e. The van der Waals surface area contributed by atoms with Crippen LogP contribution in [0, 0.1) is 23.7 Å². The predicted octanol–water partition coefficient (Wildman–Crippen LogP) is 23.6. The molecule has 0 radical (unpaired) electrons. The number of aliphatic hydroxyl groups excluding tert-OH is 1. The lowest BCUT2D eigenvalue weighted by Crippen LogP contribution is -2.30. The maximum absolute atomic E-state index is 13.1. The van der Waals surface area contributed by atoms with Crippen molar-refractivity contribution in [2.24, 2.45) is 23.7 Å². The Labute approximate surface area is 607 Å². The summed E-state index contributed by atoms with van der Waals surface area (Å²) in [6, 6.07) is 0. The summed E-state index contributed by atoms with van der Waals surface area (Å²) in [5.74, 6) is 0.971. The second-order valence-corrected chi connectivity index (χ2v) is 33.1. The summed E-state index contributed by atoms with van der Waals surface area (Å²) in [6.07, 6.45) is 55.9. The molecular weight excluding hydrogens is 1290 g/mol. The van der Waals surface area contributed by atoms with E-state index in [0.717, 1.165) is 108 Å². The highest BCUT2D eigenvalue weighted by atomic mass is 31.2. The Morgan fingerprint density at radius 1 is 0.283 bits per heavy atom. The standard InChI is InChI=1S/C80H156O17P2/c1-9-72(7)58-50-42-33-27-23-19-15-13-11-12-14-16-21-25-29-35-44-52-60-77(82)90-67-76(97-80(85)63-55-47-39-38-41-49-57-71(5)6)69-95-99(88,89)93-65-74(81)64-92-98(86,87)94-68-75(66-91-78(83)61-53-45-37-31-32-40-48-56-70(3)4)96-79(84)62-54-46-36-30-26-22-18-17-20-24-28-34-43-51-59-73(8)10-2/h70-76,81H,9-69H2,1-8H3,(H,86,87)(H,88,89)/t72?,73?,74?,75-,76-/m1/s1. The summed E-state index contributed by atoms with van der Waals surface area (Å²) in [5.41, 5.74) is 0. The number of hydrogen-bond donors (Lipinski definition) is 3. The molecule has 3 N–H and O–H groups in total. The van der Waals surface area contributed by atoms with E-state index in [4.69, 9.17) is 37.0 Å². The Kier molecular flexibility index (Phi) is 67.8. The molecule has 7 atom stereocenters. The lowest BCUT2D eigenvalue weighted by Gasteiger charge is -2.21. The molecule has 0 saturated heterocycles. The van der Waals surface area contributed by atoms with Crippen LogP contribution in [0.3, 0.4) is 0 Å². The molecule has 0 aliphatic heterocycles. The first-order valence-electron chi connectivity index (χ1n) is 41.3. The highest BCUT2D eigenvalue weighted by molar-refractivity contribution is 7.47. The summed E-state index contributed by atoms with van der Waals surface area (Å²) in [7, 11) is -9.91. The average molecular weight is 1450 g/mol. The maximum Gasteiger partial charge on any atom is 0.472 e. The number of unbranched alkanes of at least 4 members (excludes halogenated alkanes) is 41. The zero-order chi connectivity index (χ0) is 73.1. The first kappa shape index (κ1) is 97.1. The molecule has 0 spiro atoms. The molecule has 19 heteroatoms. The first-order chi connectivity index (χ1) is 47.7. The van der Waals surface area contributed by atoms with Crippen LogP contribution in [-0.2, 0) is 65.4 Å². The quantitative estimate of drug-likeness (QED) is 0.0222. The van der Waals surface area contributed by atoms with Crippen molar-refractivity contribution in [2.75, 3.05) is 39.6 Å². The third-order valence-electron chi connectivity index (χ3n) is 19.3. The fraction of sp³-hybridized carbons (Fsp3) is 0.950. The molecule has 0 heterocycles. The van der Waals surface area contributed by atoms with E-state index in [-0.39, 0.29) is 25.7 Å². The summed E-state index contributed by atoms with van der Waals surface area (Å²) in [5, 5.41) is 10.6. The van der Waals surface area contributed by atoms with Crippen LogP contribution in [0.15, 0.2) is 0 Å². The van der Waals surface area contributed by atoms with Crippen molar-refractivity contribution in [3.63, 3.8) is 0 Å². The van der Waals surface area contributed by atoms with Gasteiger partial charge in [0.2, 0.25) is 0 Å². The van der Waals surface area contributed by atoms with E-state index in [1.165, 1.54) is 205 Å². The number of carbonyl (C=O) groups excluding carboxylic acids is 4. The summed E-state index contributed by atoms with van der Waals surface area (Å²) >= 11 is 0. The van der Waals surface area contributed by atoms with Crippen LogP contribution in [0.5, 0.6) is 0 Å². The van der Waals surface area contributed by atoms with E-state index in [0.29, 0.717) is 37.5 Å². The third kappa shape index (κ3) is 71.5. The Bertz CT molecular complexity index is 1940. The SMILES string of the molecule is CCC(C)CCCCCCCCCCCCCCCCCCCCC(=O)OC[C@H](COP(=O)(O)OCC(O)COP(=O)(O)OC[C@@H](COC(=O)CCCCCCCCCC(C)C)OC(=O)CCCCCCCCCCCCCCCCC(C)CC)OC(=O)CCCCCCCCC(C)C. The van der Waals surface area contributed by atoms with Gasteiger partial charge in [-0.3, -0.25) is 37.3 Å². The Morgan fingerprint density at radius 2 is 0.485 bits per heavy atom. The predicted molar refractivity (Wildman–Crippen MR) is 404 cm³/mol. The fourth-order valence-electron chi connectivity index (χ4n) is 12.2. The smallest absolute Gasteiger partial charge is 0.462 e. The lowest BCUT2D eigenvalue weighted by atomic mass is 9.99. The molecule has 0 bridgehead atoms. The molecule has 0 aromatic carbocycles. The van der Waals surface area contributed by atoms with Crippen LogP contribution in [0.1, 0.15) is 409 Å². The number of aliphatic hydroxyl groups is 1. The van der Waals surface area contributed by atoms with E-state index in [1.54, 1.807) is 0 Å². The molecule has 99 heavy (non-hydrogen) atoms. The van der Waals surface area contributed by atoms with Gasteiger partial charge in [0, 0.05) is 25.7 Å². The van der Waals surface area contributed by atoms with Gasteiger partial charge < -0.3 is 33.8 Å². The molecule has 0 amide bonds. The van der Waals surface area contributed by atoms with Gasteiger partial charge in [-0.15, -0.1) is 0 Å². The minimum absolute atomic E-state index is 0.102. The Morgan fingerprint density at radius 3 is 0.717 bits per heavy atom. The van der Waals surface area contributed by atoms with Gasteiger partial charge in [0.15, 0.2) is 12.2 Å². The number of phosphoric acid groups is 2. The van der Waals surface area contributed by atoms with Gasteiger partial charge in [0.25, 0.3) is 0 Å². The topological polar surface area (TPSA) is 237 Å². The molecular formula is C80H156O17P2. The van der Waals surface area contributed by atoms with Gasteiger partial charge >= 0.3 is 39.5 Å². The van der Waals surface area contributed by atoms with Gasteiger partial charge in [0.05, 0.1) is 26.4 Å². The van der Waals surface area contributed by atoms with Crippen LogP contribution in [0.4, 0.5) is 0 Å². The van der Waals surface area contributed by atoms with Crippen molar-refractivity contribution in [1.82, 2.24) is 0 Å². The van der Waals surface area contributed by atoms with Crippen molar-refractivity contribution < 1.29 is 80.2 Å². The molecule has 0 aromatic heterocycles. The minimum atomic E-state index is -4.96. The van der Waals surface area contributed by atoms with Crippen LogP contribution < -0.4 is 0 Å². The Hall–Kier alpha value is -1.94. The van der Waals surface area contributed by atoms with Gasteiger partial charge in [-0.05, 0) is 49.4 Å². The number of hydrogen-bond acceptors (Lipinski definition) is 15. The summed E-state index contributed by atoms with van der Waals surface area (Å²) in [6.45, 7) is 14.2. The number of ether oxygens (including phenoxy) is 4. The van der Waals surface area contributed by atoms with Crippen molar-refractivity contribution in [1.29, 1.82) is 0 Å². The average Bonchev–Trinajstić information content (AvgIpc) is 1.29. The molecule has 588 valence electrons. The number of esters is 4. The van der Waals surface area contributed by atoms with Gasteiger partial charge in [-0.1, -0.05) is 357 Å². The number of phosphoric ester groups is 2. The highest BCUT2D eigenvalue weighted by Crippen LogP contribution is 2.45. The normalized spacial score (nSPS) is 14.6. The Balaban J connectivity index is 5.10. The van der Waals surface area contributed by atoms with Crippen LogP contribution in [0.2, 0.25) is 0 Å². The summed E-state index contributed by atoms with van der Waals surface area (Å²) in [4.78, 5) is 72.8. The monoisotopic (exact) mass is 1450 g/mol. The molecule has 0 rings (SSSR count). The molecule has 0 aromatic rings. The van der Waals surface area contributed by atoms with Gasteiger partial charge in [0.1, 0.15) is 19.3 Å². The number of rotatable bonds is 77. The zero-order valence-corrected chi connectivity index (χ0v) is 66.9. The van der Waals surface area contributed by atoms with Crippen molar-refractivity contribution in [2.45, 2.75) is 427 Å². The number of carbonyl (C=O) groups is 4. The van der Waals surface area contributed by atoms with Crippen molar-refractivity contribution >= 4 is 39.5 Å². The van der Waals surface area contributed by atoms with E-state index in [2.05, 4.69) is 55.4 Å². The minimum Gasteiger partial charge on any atom is -0.462 e. The van der Waals surface area contributed by atoms with E-state index in [1.807, 2.05) is 0 Å².